The quantitative estimate of drug-likeness (QED) is 0.756. The van der Waals surface area contributed by atoms with Crippen molar-refractivity contribution in [2.24, 2.45) is 0 Å². The topological polar surface area (TPSA) is 54.1 Å². The van der Waals surface area contributed by atoms with Gasteiger partial charge in [-0.1, -0.05) is 18.2 Å². The highest BCUT2D eigenvalue weighted by Crippen LogP contribution is 2.26. The summed E-state index contributed by atoms with van der Waals surface area (Å²) in [5, 5.41) is 3.96. The van der Waals surface area contributed by atoms with Gasteiger partial charge >= 0.3 is 0 Å². The number of para-hydroxylation sites is 1. The van der Waals surface area contributed by atoms with Gasteiger partial charge in [0.1, 0.15) is 12.7 Å². The lowest BCUT2D eigenvalue weighted by molar-refractivity contribution is -0.133. The van der Waals surface area contributed by atoms with E-state index >= 15 is 0 Å². The van der Waals surface area contributed by atoms with Crippen molar-refractivity contribution in [3.8, 4) is 0 Å². The molecule has 1 aromatic heterocycles. The lowest BCUT2D eigenvalue weighted by atomic mass is 10.1. The third-order valence-corrected chi connectivity index (χ3v) is 2.87. The van der Waals surface area contributed by atoms with E-state index in [0.29, 0.717) is 6.54 Å². The number of hydrogen-bond donors (Lipinski definition) is 2. The van der Waals surface area contributed by atoms with Crippen molar-refractivity contribution in [3.05, 3.63) is 36.0 Å². The number of carbonyl (C=O) groups excluding carboxylic acids is 1. The molecule has 0 saturated carbocycles. The zero-order valence-electron chi connectivity index (χ0n) is 8.69. The number of rotatable bonds is 1. The normalized spacial score (nSPS) is 21.0. The molecule has 4 nitrogen and oxygen atoms in total. The van der Waals surface area contributed by atoms with Gasteiger partial charge in [-0.15, -0.1) is 0 Å². The summed E-state index contributed by atoms with van der Waals surface area (Å²) >= 11 is 0. The first-order valence-corrected chi connectivity index (χ1v) is 5.29. The highest BCUT2D eigenvalue weighted by atomic mass is 16.5. The van der Waals surface area contributed by atoms with Gasteiger partial charge in [0.15, 0.2) is 0 Å². The summed E-state index contributed by atoms with van der Waals surface area (Å²) in [5.74, 6) is -0.0453. The fraction of sp³-hybridized carbons (Fsp3) is 0.250. The summed E-state index contributed by atoms with van der Waals surface area (Å²) < 4.78 is 5.51. The van der Waals surface area contributed by atoms with Crippen LogP contribution in [-0.2, 0) is 9.53 Å². The van der Waals surface area contributed by atoms with Gasteiger partial charge in [0, 0.05) is 29.2 Å². The Bertz CT molecular complexity index is 523. The number of hydrogen-bond acceptors (Lipinski definition) is 2. The van der Waals surface area contributed by atoms with Crippen LogP contribution in [0, 0.1) is 0 Å². The number of aromatic amines is 1. The maximum Gasteiger partial charge on any atom is 0.246 e. The molecule has 0 bridgehead atoms. The maximum atomic E-state index is 11.0. The van der Waals surface area contributed by atoms with Crippen molar-refractivity contribution >= 4 is 16.8 Å². The van der Waals surface area contributed by atoms with Crippen LogP contribution in [0.3, 0.4) is 0 Å². The molecular weight excluding hydrogens is 204 g/mol. The molecule has 1 aromatic carbocycles. The van der Waals surface area contributed by atoms with Gasteiger partial charge in [-0.05, 0) is 6.07 Å². The van der Waals surface area contributed by atoms with Gasteiger partial charge in [0.05, 0.1) is 0 Å². The maximum absolute atomic E-state index is 11.0. The largest absolute Gasteiger partial charge is 0.362 e. The molecule has 3 rings (SSSR count). The molecule has 0 spiro atoms. The molecule has 0 radical (unpaired) electrons. The summed E-state index contributed by atoms with van der Waals surface area (Å²) in [7, 11) is 0. The Kier molecular flexibility index (Phi) is 2.15. The SMILES string of the molecule is O=C1COC(c2c[nH]c3ccccc23)CN1. The minimum Gasteiger partial charge on any atom is -0.362 e. The van der Waals surface area contributed by atoms with Crippen LogP contribution in [0.2, 0.25) is 0 Å². The average molecular weight is 216 g/mol. The molecule has 1 atom stereocenters. The van der Waals surface area contributed by atoms with E-state index in [1.54, 1.807) is 0 Å². The Morgan fingerprint density at radius 3 is 3.00 bits per heavy atom. The van der Waals surface area contributed by atoms with Crippen LogP contribution in [-0.4, -0.2) is 24.0 Å². The molecule has 1 saturated heterocycles. The molecule has 1 amide bonds. The summed E-state index contributed by atoms with van der Waals surface area (Å²) in [6.07, 6.45) is 1.90. The minimum atomic E-state index is -0.0474. The van der Waals surface area contributed by atoms with Crippen molar-refractivity contribution in [1.29, 1.82) is 0 Å². The molecule has 82 valence electrons. The van der Waals surface area contributed by atoms with E-state index in [2.05, 4.69) is 16.4 Å². The second-order valence-electron chi connectivity index (χ2n) is 3.89. The van der Waals surface area contributed by atoms with Crippen LogP contribution in [0.4, 0.5) is 0 Å². The first-order chi connectivity index (χ1) is 7.84. The molecule has 4 heteroatoms. The van der Waals surface area contributed by atoms with Gasteiger partial charge in [-0.3, -0.25) is 4.79 Å². The zero-order chi connectivity index (χ0) is 11.0. The standard InChI is InChI=1S/C12H12N2O2/c15-12-7-16-11(6-14-12)9-5-13-10-4-2-1-3-8(9)10/h1-5,11,13H,6-7H2,(H,14,15). The first kappa shape index (κ1) is 9.42. The number of nitrogens with one attached hydrogen (secondary N) is 2. The number of carbonyl (C=O) groups is 1. The average Bonchev–Trinajstić information content (AvgIpc) is 2.74. The molecule has 1 aliphatic heterocycles. The van der Waals surface area contributed by atoms with E-state index in [0.717, 1.165) is 16.5 Å². The third-order valence-electron chi connectivity index (χ3n) is 2.87. The Morgan fingerprint density at radius 1 is 1.31 bits per heavy atom. The van der Waals surface area contributed by atoms with E-state index in [1.807, 2.05) is 24.4 Å². The molecule has 2 aromatic rings. The van der Waals surface area contributed by atoms with Crippen molar-refractivity contribution < 1.29 is 9.53 Å². The fourth-order valence-corrected chi connectivity index (χ4v) is 2.05. The third kappa shape index (κ3) is 1.47. The van der Waals surface area contributed by atoms with Crippen LogP contribution in [0.15, 0.2) is 30.5 Å². The smallest absolute Gasteiger partial charge is 0.246 e. The van der Waals surface area contributed by atoms with Gasteiger partial charge < -0.3 is 15.0 Å². The predicted molar refractivity (Wildman–Crippen MR) is 60.0 cm³/mol. The van der Waals surface area contributed by atoms with Gasteiger partial charge in [-0.2, -0.15) is 0 Å². The number of ether oxygens (including phenoxy) is 1. The molecule has 1 unspecified atom stereocenters. The number of amides is 1. The Hall–Kier alpha value is -1.81. The number of benzene rings is 1. The number of fused-ring (bicyclic) bond motifs is 1. The van der Waals surface area contributed by atoms with E-state index < -0.39 is 0 Å². The molecule has 1 aliphatic rings. The lowest BCUT2D eigenvalue weighted by Gasteiger charge is -2.22. The van der Waals surface area contributed by atoms with Crippen molar-refractivity contribution in [2.75, 3.05) is 13.2 Å². The monoisotopic (exact) mass is 216 g/mol. The van der Waals surface area contributed by atoms with Gasteiger partial charge in [0.2, 0.25) is 5.91 Å². The molecular formula is C12H12N2O2. The second-order valence-corrected chi connectivity index (χ2v) is 3.89. The van der Waals surface area contributed by atoms with Gasteiger partial charge in [-0.25, -0.2) is 0 Å². The molecule has 2 heterocycles. The Balaban J connectivity index is 1.97. The highest BCUT2D eigenvalue weighted by molar-refractivity contribution is 5.84. The summed E-state index contributed by atoms with van der Waals surface area (Å²) in [6, 6.07) is 8.08. The van der Waals surface area contributed by atoms with Crippen LogP contribution in [0.5, 0.6) is 0 Å². The molecule has 16 heavy (non-hydrogen) atoms. The summed E-state index contributed by atoms with van der Waals surface area (Å²) in [4.78, 5) is 14.2. The van der Waals surface area contributed by atoms with Crippen LogP contribution < -0.4 is 5.32 Å². The van der Waals surface area contributed by atoms with Crippen molar-refractivity contribution in [2.45, 2.75) is 6.10 Å². The molecule has 0 aliphatic carbocycles. The van der Waals surface area contributed by atoms with Crippen LogP contribution in [0.1, 0.15) is 11.7 Å². The van der Waals surface area contributed by atoms with E-state index in [-0.39, 0.29) is 18.6 Å². The van der Waals surface area contributed by atoms with Gasteiger partial charge in [0.25, 0.3) is 0 Å². The Morgan fingerprint density at radius 2 is 2.19 bits per heavy atom. The van der Waals surface area contributed by atoms with Crippen molar-refractivity contribution in [3.63, 3.8) is 0 Å². The minimum absolute atomic E-state index is 0.0453. The molecule has 2 N–H and O–H groups in total. The van der Waals surface area contributed by atoms with Crippen molar-refractivity contribution in [1.82, 2.24) is 10.3 Å². The Labute approximate surface area is 92.6 Å². The van der Waals surface area contributed by atoms with E-state index in [1.165, 1.54) is 0 Å². The lowest BCUT2D eigenvalue weighted by Crippen LogP contribution is -2.38. The zero-order valence-corrected chi connectivity index (χ0v) is 8.69. The number of morpholine rings is 1. The molecule has 1 fully saturated rings. The highest BCUT2D eigenvalue weighted by Gasteiger charge is 2.22. The summed E-state index contributed by atoms with van der Waals surface area (Å²) in [6.45, 7) is 0.685. The first-order valence-electron chi connectivity index (χ1n) is 5.29. The fourth-order valence-electron chi connectivity index (χ4n) is 2.05. The van der Waals surface area contributed by atoms with Crippen LogP contribution >= 0.6 is 0 Å². The second kappa shape index (κ2) is 3.64. The number of aromatic nitrogens is 1. The summed E-state index contributed by atoms with van der Waals surface area (Å²) in [5.41, 5.74) is 2.20. The van der Waals surface area contributed by atoms with E-state index in [9.17, 15) is 4.79 Å². The predicted octanol–water partition coefficient (Wildman–Crippen LogP) is 1.36. The van der Waals surface area contributed by atoms with Crippen LogP contribution in [0.25, 0.3) is 10.9 Å². The van der Waals surface area contributed by atoms with E-state index in [4.69, 9.17) is 4.74 Å². The number of H-pyrrole nitrogens is 1.